The number of likely N-dealkylation sites (N-methyl/N-ethyl adjacent to an activating group) is 2. The van der Waals surface area contributed by atoms with E-state index in [0.717, 1.165) is 36.9 Å². The molecule has 6 nitrogen and oxygen atoms in total. The monoisotopic (exact) mass is 511 g/mol. The summed E-state index contributed by atoms with van der Waals surface area (Å²) in [5, 5.41) is 3.40. The van der Waals surface area contributed by atoms with Crippen LogP contribution in [-0.2, 0) is 6.54 Å². The maximum Gasteiger partial charge on any atom is 0.226 e. The number of halogens is 1. The van der Waals surface area contributed by atoms with Gasteiger partial charge >= 0.3 is 0 Å². The minimum Gasteiger partial charge on any atom is -0.444 e. The lowest BCUT2D eigenvalue weighted by Gasteiger charge is -2.29. The first-order valence-electron chi connectivity index (χ1n) is 10.4. The van der Waals surface area contributed by atoms with Gasteiger partial charge in [-0.15, -0.1) is 24.0 Å². The summed E-state index contributed by atoms with van der Waals surface area (Å²) < 4.78 is 5.66. The number of aromatic nitrogens is 1. The van der Waals surface area contributed by atoms with Crippen LogP contribution in [0.15, 0.2) is 39.9 Å². The van der Waals surface area contributed by atoms with Crippen molar-refractivity contribution in [2.24, 2.45) is 4.99 Å². The number of aryl methyl sites for hydroxylation is 1. The number of aliphatic imine (C=N–C) groups is 1. The van der Waals surface area contributed by atoms with Crippen LogP contribution in [0.4, 0.5) is 0 Å². The molecule has 1 fully saturated rings. The van der Waals surface area contributed by atoms with E-state index in [0.29, 0.717) is 18.5 Å². The summed E-state index contributed by atoms with van der Waals surface area (Å²) in [4.78, 5) is 14.2. The van der Waals surface area contributed by atoms with E-state index in [1.165, 1.54) is 24.9 Å². The Hall–Kier alpha value is -1.61. The van der Waals surface area contributed by atoms with Gasteiger partial charge in [-0.2, -0.15) is 0 Å². The van der Waals surface area contributed by atoms with Gasteiger partial charge in [-0.05, 0) is 51.9 Å². The number of benzene rings is 1. The number of oxazole rings is 1. The first kappa shape index (κ1) is 23.7. The van der Waals surface area contributed by atoms with Gasteiger partial charge in [-0.25, -0.2) is 9.98 Å². The molecule has 1 aromatic carbocycles. The summed E-state index contributed by atoms with van der Waals surface area (Å²) >= 11 is 0. The average Bonchev–Trinajstić information content (AvgIpc) is 3.35. The summed E-state index contributed by atoms with van der Waals surface area (Å²) in [6, 6.07) is 8.82. The van der Waals surface area contributed by atoms with Crippen molar-refractivity contribution in [3.05, 3.63) is 41.8 Å². The van der Waals surface area contributed by atoms with Crippen LogP contribution >= 0.6 is 24.0 Å². The van der Waals surface area contributed by atoms with Crippen LogP contribution in [0.3, 0.4) is 0 Å². The molecule has 1 atom stereocenters. The van der Waals surface area contributed by atoms with Crippen LogP contribution in [-0.4, -0.2) is 60.0 Å². The zero-order valence-corrected chi connectivity index (χ0v) is 20.3. The van der Waals surface area contributed by atoms with E-state index in [1.807, 2.05) is 12.1 Å². The molecule has 29 heavy (non-hydrogen) atoms. The van der Waals surface area contributed by atoms with Crippen LogP contribution in [0.1, 0.15) is 37.9 Å². The lowest BCUT2D eigenvalue weighted by molar-refractivity contribution is 0.232. The van der Waals surface area contributed by atoms with Crippen molar-refractivity contribution < 1.29 is 4.42 Å². The first-order chi connectivity index (χ1) is 13.6. The van der Waals surface area contributed by atoms with E-state index in [4.69, 9.17) is 9.41 Å². The average molecular weight is 511 g/mol. The third-order valence-electron chi connectivity index (χ3n) is 5.33. The Morgan fingerprint density at radius 3 is 2.76 bits per heavy atom. The molecule has 0 bridgehead atoms. The molecule has 0 spiro atoms. The Bertz CT molecular complexity index is 774. The van der Waals surface area contributed by atoms with Crippen LogP contribution < -0.4 is 5.32 Å². The van der Waals surface area contributed by atoms with E-state index in [-0.39, 0.29) is 24.0 Å². The number of hydrogen-bond donors (Lipinski definition) is 1. The fourth-order valence-corrected chi connectivity index (χ4v) is 3.75. The van der Waals surface area contributed by atoms with Crippen LogP contribution in [0.2, 0.25) is 0 Å². The van der Waals surface area contributed by atoms with Crippen LogP contribution in [0, 0.1) is 6.92 Å². The molecule has 0 aliphatic carbocycles. The van der Waals surface area contributed by atoms with Crippen LogP contribution in [0.25, 0.3) is 11.5 Å². The normalized spacial score (nSPS) is 17.2. The summed E-state index contributed by atoms with van der Waals surface area (Å²) in [6.45, 7) is 11.1. The molecular formula is C22H34IN5O. The molecular weight excluding hydrogens is 477 g/mol. The standard InChI is InChI=1S/C22H33N5O.HI/c1-5-23-22(26(4)15-20-8-7-13-27(20)6-2)24-14-19-16-28-21(25-19)18-11-9-17(3)10-12-18;/h9-12,16,20H,5-8,13-15H2,1-4H3,(H,23,24);1H. The Morgan fingerprint density at radius 1 is 1.31 bits per heavy atom. The highest BCUT2D eigenvalue weighted by Gasteiger charge is 2.25. The SMILES string of the molecule is CCNC(=NCc1coc(-c2ccc(C)cc2)n1)N(C)CC1CCCN1CC.I. The van der Waals surface area contributed by atoms with Crippen molar-refractivity contribution in [1.29, 1.82) is 0 Å². The molecule has 1 aliphatic heterocycles. The summed E-state index contributed by atoms with van der Waals surface area (Å²) in [5.41, 5.74) is 3.06. The second kappa shape index (κ2) is 11.5. The Labute approximate surface area is 191 Å². The molecule has 1 saturated heterocycles. The second-order valence-corrected chi connectivity index (χ2v) is 7.49. The van der Waals surface area contributed by atoms with E-state index in [1.54, 1.807) is 6.26 Å². The Kier molecular flexibility index (Phi) is 9.42. The van der Waals surface area contributed by atoms with Crippen molar-refractivity contribution >= 4 is 29.9 Å². The molecule has 3 rings (SSSR count). The molecule has 7 heteroatoms. The fraction of sp³-hybridized carbons (Fsp3) is 0.545. The van der Waals surface area contributed by atoms with Gasteiger partial charge in [0.25, 0.3) is 0 Å². The lowest BCUT2D eigenvalue weighted by Crippen LogP contribution is -2.45. The maximum absolute atomic E-state index is 5.66. The minimum atomic E-state index is 0. The van der Waals surface area contributed by atoms with E-state index < -0.39 is 0 Å². The quantitative estimate of drug-likeness (QED) is 0.344. The molecule has 1 N–H and O–H groups in total. The van der Waals surface area contributed by atoms with Gasteiger partial charge in [0.05, 0.1) is 6.54 Å². The van der Waals surface area contributed by atoms with Crippen molar-refractivity contribution in [3.8, 4) is 11.5 Å². The van der Waals surface area contributed by atoms with Gasteiger partial charge in [0.1, 0.15) is 12.0 Å². The predicted molar refractivity (Wildman–Crippen MR) is 130 cm³/mol. The summed E-state index contributed by atoms with van der Waals surface area (Å²) in [5.74, 6) is 1.57. The molecule has 0 saturated carbocycles. The number of hydrogen-bond acceptors (Lipinski definition) is 4. The van der Waals surface area contributed by atoms with Crippen molar-refractivity contribution in [2.45, 2.75) is 46.2 Å². The Morgan fingerprint density at radius 2 is 2.07 bits per heavy atom. The highest BCUT2D eigenvalue weighted by molar-refractivity contribution is 14.0. The van der Waals surface area contributed by atoms with Gasteiger partial charge in [0.2, 0.25) is 5.89 Å². The van der Waals surface area contributed by atoms with Crippen molar-refractivity contribution in [2.75, 3.05) is 33.2 Å². The first-order valence-corrected chi connectivity index (χ1v) is 10.4. The number of likely N-dealkylation sites (tertiary alicyclic amines) is 1. The lowest BCUT2D eigenvalue weighted by atomic mass is 10.1. The molecule has 1 aromatic heterocycles. The molecule has 2 aromatic rings. The highest BCUT2D eigenvalue weighted by Crippen LogP contribution is 2.20. The molecule has 0 radical (unpaired) electrons. The smallest absolute Gasteiger partial charge is 0.226 e. The van der Waals surface area contributed by atoms with Gasteiger partial charge < -0.3 is 14.6 Å². The van der Waals surface area contributed by atoms with Gasteiger partial charge in [-0.3, -0.25) is 4.90 Å². The van der Waals surface area contributed by atoms with Gasteiger partial charge in [0.15, 0.2) is 5.96 Å². The van der Waals surface area contributed by atoms with E-state index in [2.05, 4.69) is 60.1 Å². The summed E-state index contributed by atoms with van der Waals surface area (Å²) in [7, 11) is 2.12. The van der Waals surface area contributed by atoms with Crippen molar-refractivity contribution in [1.82, 2.24) is 20.1 Å². The van der Waals surface area contributed by atoms with Gasteiger partial charge in [-0.1, -0.05) is 24.6 Å². The fourth-order valence-electron chi connectivity index (χ4n) is 3.75. The van der Waals surface area contributed by atoms with Gasteiger partial charge in [0, 0.05) is 31.7 Å². The van der Waals surface area contributed by atoms with Crippen molar-refractivity contribution in [3.63, 3.8) is 0 Å². The number of nitrogens with one attached hydrogen (secondary N) is 1. The number of guanidine groups is 1. The molecule has 1 aliphatic rings. The molecule has 1 unspecified atom stereocenters. The zero-order chi connectivity index (χ0) is 19.9. The summed E-state index contributed by atoms with van der Waals surface area (Å²) in [6.07, 6.45) is 4.26. The zero-order valence-electron chi connectivity index (χ0n) is 18.0. The topological polar surface area (TPSA) is 56.9 Å². The highest BCUT2D eigenvalue weighted by atomic mass is 127. The van der Waals surface area contributed by atoms with E-state index in [9.17, 15) is 0 Å². The third kappa shape index (κ3) is 6.44. The molecule has 0 amide bonds. The van der Waals surface area contributed by atoms with Crippen LogP contribution in [0.5, 0.6) is 0 Å². The molecule has 160 valence electrons. The number of rotatable bonds is 7. The second-order valence-electron chi connectivity index (χ2n) is 7.49. The third-order valence-corrected chi connectivity index (χ3v) is 5.33. The Balaban J connectivity index is 0.00000300. The van der Waals surface area contributed by atoms with E-state index >= 15 is 0 Å². The number of nitrogens with zero attached hydrogens (tertiary/aromatic N) is 4. The predicted octanol–water partition coefficient (Wildman–Crippen LogP) is 4.15. The molecule has 2 heterocycles. The minimum absolute atomic E-state index is 0. The largest absolute Gasteiger partial charge is 0.444 e. The maximum atomic E-state index is 5.66.